The van der Waals surface area contributed by atoms with Crippen LogP contribution in [0.3, 0.4) is 0 Å². The van der Waals surface area contributed by atoms with E-state index in [2.05, 4.69) is 4.18 Å². The smallest absolute Gasteiger partial charge is 0.478 e. The van der Waals surface area contributed by atoms with Crippen LogP contribution in [0.25, 0.3) is 0 Å². The molecule has 0 spiro atoms. The first-order valence-corrected chi connectivity index (χ1v) is 5.52. The molecule has 0 aliphatic carbocycles. The third-order valence-electron chi connectivity index (χ3n) is 1.75. The summed E-state index contributed by atoms with van der Waals surface area (Å²) in [6.45, 7) is -5.58. The number of hydrogen-bond acceptors (Lipinski definition) is 4. The fourth-order valence-electron chi connectivity index (χ4n) is 1.10. The summed E-state index contributed by atoms with van der Waals surface area (Å²) in [4.78, 5) is 10.5. The molecule has 0 amide bonds. The van der Waals surface area contributed by atoms with E-state index in [0.29, 0.717) is 12.1 Å². The van der Waals surface area contributed by atoms with Crippen LogP contribution in [0.4, 0.5) is 16.8 Å². The van der Waals surface area contributed by atoms with Crippen molar-refractivity contribution >= 4 is 28.9 Å². The standard InChI is InChI=1S/C7H4BF4O5S/c9-8(10,11)5-1-4(7(13)14)2-6(3-5)17-18(12,15)16/h1-3H,(H,13,14)/q-1. The monoisotopic (exact) mass is 287 g/mol. The van der Waals surface area contributed by atoms with Crippen LogP contribution in [0.2, 0.25) is 0 Å². The fourth-order valence-corrected chi connectivity index (χ4v) is 1.42. The Labute approximate surface area is 98.5 Å². The van der Waals surface area contributed by atoms with Gasteiger partial charge in [0, 0.05) is 0 Å². The van der Waals surface area contributed by atoms with Gasteiger partial charge in [-0.05, 0) is 12.1 Å². The molecule has 0 radical (unpaired) electrons. The van der Waals surface area contributed by atoms with E-state index >= 15 is 0 Å². The van der Waals surface area contributed by atoms with Crippen LogP contribution in [0.1, 0.15) is 10.4 Å². The lowest BCUT2D eigenvalue weighted by Crippen LogP contribution is -2.34. The summed E-state index contributed by atoms with van der Waals surface area (Å²) in [5, 5.41) is 8.54. The van der Waals surface area contributed by atoms with E-state index in [1.165, 1.54) is 0 Å². The van der Waals surface area contributed by atoms with E-state index in [0.717, 1.165) is 0 Å². The van der Waals surface area contributed by atoms with Crippen molar-refractivity contribution in [2.75, 3.05) is 0 Å². The van der Waals surface area contributed by atoms with Crippen LogP contribution >= 0.6 is 0 Å². The lowest BCUT2D eigenvalue weighted by atomic mass is 9.79. The Bertz CT molecular complexity index is 582. The van der Waals surface area contributed by atoms with Crippen molar-refractivity contribution in [3.63, 3.8) is 0 Å². The third-order valence-corrected chi connectivity index (χ3v) is 2.14. The second-order valence-electron chi connectivity index (χ2n) is 3.15. The van der Waals surface area contributed by atoms with Crippen molar-refractivity contribution in [1.29, 1.82) is 0 Å². The third kappa shape index (κ3) is 3.91. The van der Waals surface area contributed by atoms with Crippen LogP contribution < -0.4 is 9.65 Å². The molecule has 0 heterocycles. The van der Waals surface area contributed by atoms with Crippen LogP contribution in [0.15, 0.2) is 18.2 Å². The summed E-state index contributed by atoms with van der Waals surface area (Å²) in [5.41, 5.74) is -2.28. The van der Waals surface area contributed by atoms with Gasteiger partial charge in [-0.25, -0.2) is 4.79 Å². The minimum Gasteiger partial charge on any atom is -0.478 e. The molecule has 0 fully saturated rings. The van der Waals surface area contributed by atoms with Gasteiger partial charge in [0.25, 0.3) is 0 Å². The van der Waals surface area contributed by atoms with Gasteiger partial charge in [-0.2, -0.15) is 8.42 Å². The molecule has 0 saturated heterocycles. The minimum absolute atomic E-state index is 0.198. The number of carbonyl (C=O) groups is 1. The summed E-state index contributed by atoms with van der Waals surface area (Å²) in [6.07, 6.45) is 0. The zero-order chi connectivity index (χ0) is 14.1. The van der Waals surface area contributed by atoms with E-state index in [9.17, 15) is 30.0 Å². The fraction of sp³-hybridized carbons (Fsp3) is 0. The summed E-state index contributed by atoms with van der Waals surface area (Å²) >= 11 is 0. The summed E-state index contributed by atoms with van der Waals surface area (Å²) in [5.74, 6) is -2.80. The normalized spacial score (nSPS) is 12.2. The molecule has 11 heteroatoms. The van der Waals surface area contributed by atoms with Gasteiger partial charge in [0.2, 0.25) is 0 Å². The molecule has 5 nitrogen and oxygen atoms in total. The molecule has 0 saturated carbocycles. The maximum Gasteiger partial charge on any atom is 0.509 e. The lowest BCUT2D eigenvalue weighted by Gasteiger charge is -2.16. The molecule has 0 bridgehead atoms. The molecule has 100 valence electrons. The van der Waals surface area contributed by atoms with Crippen molar-refractivity contribution in [2.24, 2.45) is 0 Å². The van der Waals surface area contributed by atoms with Crippen LogP contribution in [-0.2, 0) is 10.5 Å². The van der Waals surface area contributed by atoms with Gasteiger partial charge in [-0.1, -0.05) is 9.95 Å². The molecule has 1 aromatic rings. The van der Waals surface area contributed by atoms with E-state index in [-0.39, 0.29) is 6.07 Å². The SMILES string of the molecule is O=C(O)c1cc(OS(=O)(=O)F)cc([B-](F)(F)F)c1. The maximum atomic E-state index is 12.4. The van der Waals surface area contributed by atoms with Gasteiger partial charge in [-0.15, -0.1) is 5.46 Å². The summed E-state index contributed by atoms with van der Waals surface area (Å²) in [6, 6.07) is 0.953. The van der Waals surface area contributed by atoms with Crippen molar-refractivity contribution in [1.82, 2.24) is 0 Å². The second kappa shape index (κ2) is 4.48. The van der Waals surface area contributed by atoms with E-state index < -0.39 is 40.2 Å². The van der Waals surface area contributed by atoms with E-state index in [1.54, 1.807) is 0 Å². The van der Waals surface area contributed by atoms with Gasteiger partial charge in [0.1, 0.15) is 5.75 Å². The van der Waals surface area contributed by atoms with Crippen molar-refractivity contribution in [2.45, 2.75) is 0 Å². The predicted octanol–water partition coefficient (Wildman–Crippen LogP) is 1.03. The molecule has 1 rings (SSSR count). The molecule has 18 heavy (non-hydrogen) atoms. The first kappa shape index (κ1) is 14.3. The van der Waals surface area contributed by atoms with Gasteiger partial charge in [-0.3, -0.25) is 0 Å². The topological polar surface area (TPSA) is 80.7 Å². The molecule has 1 N–H and O–H groups in total. The quantitative estimate of drug-likeness (QED) is 0.508. The number of hydrogen-bond donors (Lipinski definition) is 1. The largest absolute Gasteiger partial charge is 0.509 e. The Morgan fingerprint density at radius 2 is 1.78 bits per heavy atom. The Morgan fingerprint density at radius 3 is 2.17 bits per heavy atom. The zero-order valence-electron chi connectivity index (χ0n) is 8.31. The van der Waals surface area contributed by atoms with Crippen molar-refractivity contribution < 1.29 is 39.3 Å². The highest BCUT2D eigenvalue weighted by atomic mass is 32.3. The number of carboxylic acid groups (broad SMARTS) is 1. The van der Waals surface area contributed by atoms with E-state index in [4.69, 9.17) is 5.11 Å². The Hall–Kier alpha value is -1.78. The number of rotatable bonds is 4. The highest BCUT2D eigenvalue weighted by molar-refractivity contribution is 7.81. The summed E-state index contributed by atoms with van der Waals surface area (Å²) < 4.78 is 73.2. The van der Waals surface area contributed by atoms with Gasteiger partial charge >= 0.3 is 23.5 Å². The van der Waals surface area contributed by atoms with Crippen LogP contribution in [-0.4, -0.2) is 26.5 Å². The highest BCUT2D eigenvalue weighted by Gasteiger charge is 2.28. The predicted molar refractivity (Wildman–Crippen MR) is 52.8 cm³/mol. The molecule has 0 aromatic heterocycles. The Morgan fingerprint density at radius 1 is 1.22 bits per heavy atom. The number of aromatic carboxylic acids is 1. The lowest BCUT2D eigenvalue weighted by molar-refractivity contribution is 0.0696. The Balaban J connectivity index is 3.36. The van der Waals surface area contributed by atoms with Gasteiger partial charge in [0.15, 0.2) is 0 Å². The molecule has 0 aliphatic heterocycles. The zero-order valence-corrected chi connectivity index (χ0v) is 9.13. The van der Waals surface area contributed by atoms with Gasteiger partial charge in [0.05, 0.1) is 5.56 Å². The number of halogens is 4. The number of carboxylic acids is 1. The minimum atomic E-state index is -5.58. The van der Waals surface area contributed by atoms with E-state index in [1.807, 2.05) is 0 Å². The summed E-state index contributed by atoms with van der Waals surface area (Å²) in [7, 11) is -5.54. The molecular weight excluding hydrogens is 283 g/mol. The first-order chi connectivity index (χ1) is 7.99. The van der Waals surface area contributed by atoms with Crippen LogP contribution in [0.5, 0.6) is 5.75 Å². The Kier molecular flexibility index (Phi) is 3.56. The maximum absolute atomic E-state index is 12.4. The van der Waals surface area contributed by atoms with Crippen molar-refractivity contribution in [3.05, 3.63) is 23.8 Å². The first-order valence-electron chi connectivity index (χ1n) is 4.21. The average Bonchev–Trinajstić information content (AvgIpc) is 2.12. The van der Waals surface area contributed by atoms with Crippen molar-refractivity contribution in [3.8, 4) is 5.75 Å². The number of benzene rings is 1. The van der Waals surface area contributed by atoms with Crippen LogP contribution in [0, 0.1) is 0 Å². The average molecular weight is 287 g/mol. The van der Waals surface area contributed by atoms with Gasteiger partial charge < -0.3 is 22.2 Å². The molecule has 0 unspecified atom stereocenters. The molecule has 0 atom stereocenters. The highest BCUT2D eigenvalue weighted by Crippen LogP contribution is 2.19. The molecule has 1 aromatic carbocycles. The molecular formula is C7H4BF4O5S-. The second-order valence-corrected chi connectivity index (χ2v) is 4.10. The molecule has 0 aliphatic rings.